The first-order valence-corrected chi connectivity index (χ1v) is 12.5. The molecule has 180 valence electrons. The molecule has 0 radical (unpaired) electrons. The number of thiazole rings is 1. The fourth-order valence-electron chi connectivity index (χ4n) is 4.16. The highest BCUT2D eigenvalue weighted by atomic mass is 32.1. The maximum Gasteiger partial charge on any atom is 0.413 e. The number of ether oxygens (including phenoxy) is 2. The van der Waals surface area contributed by atoms with E-state index in [4.69, 9.17) is 14.5 Å². The van der Waals surface area contributed by atoms with Gasteiger partial charge in [0.25, 0.3) is 0 Å². The molecule has 1 aliphatic rings. The van der Waals surface area contributed by atoms with Gasteiger partial charge in [0, 0.05) is 11.8 Å². The van der Waals surface area contributed by atoms with Crippen molar-refractivity contribution in [1.29, 1.82) is 0 Å². The van der Waals surface area contributed by atoms with Crippen molar-refractivity contribution >= 4 is 28.5 Å². The minimum atomic E-state index is -0.563. The Kier molecular flexibility index (Phi) is 8.86. The predicted molar refractivity (Wildman–Crippen MR) is 131 cm³/mol. The van der Waals surface area contributed by atoms with Crippen LogP contribution < -0.4 is 5.32 Å². The van der Waals surface area contributed by atoms with E-state index in [-0.39, 0.29) is 12.0 Å². The summed E-state index contributed by atoms with van der Waals surface area (Å²) >= 11 is 1.41. The van der Waals surface area contributed by atoms with E-state index in [0.29, 0.717) is 24.1 Å². The van der Waals surface area contributed by atoms with Gasteiger partial charge in [-0.1, -0.05) is 30.3 Å². The number of carbonyl (C=O) groups excluding carboxylic acids is 2. The molecule has 7 nitrogen and oxygen atoms in total. The number of hydrogen-bond acceptors (Lipinski definition) is 7. The molecule has 3 rings (SSSR count). The molecule has 2 atom stereocenters. The molecule has 0 bridgehead atoms. The fourth-order valence-corrected chi connectivity index (χ4v) is 4.91. The van der Waals surface area contributed by atoms with E-state index in [1.165, 1.54) is 16.9 Å². The topological polar surface area (TPSA) is 80.8 Å². The molecule has 2 unspecified atom stereocenters. The number of hydrogen-bond donors (Lipinski definition) is 1. The first kappa shape index (κ1) is 25.2. The van der Waals surface area contributed by atoms with E-state index in [1.54, 1.807) is 0 Å². The second-order valence-corrected chi connectivity index (χ2v) is 10.2. The van der Waals surface area contributed by atoms with Crippen LogP contribution in [0.25, 0.3) is 0 Å². The number of nitrogens with one attached hydrogen (secondary N) is 1. The quantitative estimate of drug-likeness (QED) is 0.491. The lowest BCUT2D eigenvalue weighted by Crippen LogP contribution is -2.37. The maximum absolute atomic E-state index is 12.2. The van der Waals surface area contributed by atoms with Crippen LogP contribution in [-0.2, 0) is 14.3 Å². The fraction of sp³-hybridized carbons (Fsp3) is 0.560. The monoisotopic (exact) mass is 473 g/mol. The normalized spacial score (nSPS) is 19.2. The standard InChI is InChI=1S/C25H35N3O4S/c1-5-31-22(29)12-9-14-28-15-13-19(18-10-7-6-8-11-18)16-21(28)20-17-33-23(26-20)27-24(30)32-25(2,3)4/h6-8,10-11,17,19,21H,5,9,12-16H2,1-4H3,(H,26,27,30). The zero-order valence-corrected chi connectivity index (χ0v) is 20.8. The molecular weight excluding hydrogens is 438 g/mol. The summed E-state index contributed by atoms with van der Waals surface area (Å²) < 4.78 is 10.4. The molecule has 2 heterocycles. The summed E-state index contributed by atoms with van der Waals surface area (Å²) in [5.74, 6) is 0.298. The molecule has 33 heavy (non-hydrogen) atoms. The van der Waals surface area contributed by atoms with Crippen molar-refractivity contribution in [2.45, 2.75) is 70.9 Å². The molecule has 1 aromatic carbocycles. The van der Waals surface area contributed by atoms with Gasteiger partial charge in [-0.25, -0.2) is 9.78 Å². The van der Waals surface area contributed by atoms with Crippen LogP contribution in [0.3, 0.4) is 0 Å². The van der Waals surface area contributed by atoms with Gasteiger partial charge in [0.1, 0.15) is 5.60 Å². The number of rotatable bonds is 8. The third-order valence-corrected chi connectivity index (χ3v) is 6.36. The van der Waals surface area contributed by atoms with Crippen LogP contribution in [0, 0.1) is 0 Å². The minimum Gasteiger partial charge on any atom is -0.466 e. The Labute approximate surface area is 200 Å². The third kappa shape index (κ3) is 7.82. The number of likely N-dealkylation sites (tertiary alicyclic amines) is 1. The lowest BCUT2D eigenvalue weighted by atomic mass is 9.84. The highest BCUT2D eigenvalue weighted by Gasteiger charge is 2.32. The molecule has 2 aromatic rings. The number of carbonyl (C=O) groups is 2. The van der Waals surface area contributed by atoms with Gasteiger partial charge in [-0.05, 0) is 71.5 Å². The Bertz CT molecular complexity index is 910. The highest BCUT2D eigenvalue weighted by Crippen LogP contribution is 2.40. The van der Waals surface area contributed by atoms with Gasteiger partial charge < -0.3 is 9.47 Å². The van der Waals surface area contributed by atoms with Gasteiger partial charge in [-0.3, -0.25) is 15.0 Å². The SMILES string of the molecule is CCOC(=O)CCCN1CCC(c2ccccc2)CC1c1csc(NC(=O)OC(C)(C)C)n1. The van der Waals surface area contributed by atoms with Crippen LogP contribution in [-0.4, -0.2) is 47.2 Å². The molecule has 0 saturated carbocycles. The van der Waals surface area contributed by atoms with Crippen molar-refractivity contribution in [1.82, 2.24) is 9.88 Å². The van der Waals surface area contributed by atoms with Crippen LogP contribution in [0.5, 0.6) is 0 Å². The van der Waals surface area contributed by atoms with Crippen LogP contribution in [0.1, 0.15) is 76.6 Å². The van der Waals surface area contributed by atoms with E-state index in [2.05, 4.69) is 34.5 Å². The zero-order chi connectivity index (χ0) is 23.8. The zero-order valence-electron chi connectivity index (χ0n) is 20.0. The third-order valence-electron chi connectivity index (χ3n) is 5.59. The Balaban J connectivity index is 1.70. The molecule has 0 aliphatic carbocycles. The van der Waals surface area contributed by atoms with Crippen molar-refractivity contribution in [3.8, 4) is 0 Å². The Morgan fingerprint density at radius 3 is 2.70 bits per heavy atom. The van der Waals surface area contributed by atoms with E-state index < -0.39 is 11.7 Å². The number of nitrogens with zero attached hydrogens (tertiary/aromatic N) is 2. The second-order valence-electron chi connectivity index (χ2n) is 9.30. The molecular formula is C25H35N3O4S. The van der Waals surface area contributed by atoms with E-state index in [0.717, 1.165) is 38.0 Å². The van der Waals surface area contributed by atoms with Gasteiger partial charge in [-0.2, -0.15) is 0 Å². The van der Waals surface area contributed by atoms with Crippen molar-refractivity contribution in [3.63, 3.8) is 0 Å². The smallest absolute Gasteiger partial charge is 0.413 e. The largest absolute Gasteiger partial charge is 0.466 e. The molecule has 1 fully saturated rings. The number of amides is 1. The molecule has 1 amide bonds. The molecule has 1 aliphatic heterocycles. The summed E-state index contributed by atoms with van der Waals surface area (Å²) in [4.78, 5) is 31.1. The lowest BCUT2D eigenvalue weighted by molar-refractivity contribution is -0.143. The minimum absolute atomic E-state index is 0.122. The van der Waals surface area contributed by atoms with Gasteiger partial charge >= 0.3 is 12.1 Å². The second kappa shape index (κ2) is 11.6. The Hall–Kier alpha value is -2.45. The van der Waals surface area contributed by atoms with Gasteiger partial charge in [0.2, 0.25) is 0 Å². The van der Waals surface area contributed by atoms with Crippen LogP contribution in [0.15, 0.2) is 35.7 Å². The first-order chi connectivity index (χ1) is 15.7. The number of esters is 1. The Morgan fingerprint density at radius 2 is 2.00 bits per heavy atom. The summed E-state index contributed by atoms with van der Waals surface area (Å²) in [5, 5.41) is 5.31. The number of benzene rings is 1. The molecule has 1 N–H and O–H groups in total. The summed E-state index contributed by atoms with van der Waals surface area (Å²) in [6.07, 6.45) is 2.67. The van der Waals surface area contributed by atoms with Gasteiger partial charge in [-0.15, -0.1) is 11.3 Å². The van der Waals surface area contributed by atoms with E-state index in [9.17, 15) is 9.59 Å². The van der Waals surface area contributed by atoms with Crippen molar-refractivity contribution in [2.75, 3.05) is 25.0 Å². The van der Waals surface area contributed by atoms with Crippen LogP contribution in [0.2, 0.25) is 0 Å². The van der Waals surface area contributed by atoms with E-state index in [1.807, 2.05) is 39.1 Å². The summed E-state index contributed by atoms with van der Waals surface area (Å²) in [6.45, 7) is 9.47. The molecule has 1 saturated heterocycles. The highest BCUT2D eigenvalue weighted by molar-refractivity contribution is 7.13. The summed E-state index contributed by atoms with van der Waals surface area (Å²) in [5.41, 5.74) is 1.73. The van der Waals surface area contributed by atoms with Gasteiger partial charge in [0.15, 0.2) is 5.13 Å². The average Bonchev–Trinajstić information content (AvgIpc) is 3.21. The first-order valence-electron chi connectivity index (χ1n) is 11.6. The maximum atomic E-state index is 12.2. The average molecular weight is 474 g/mol. The summed E-state index contributed by atoms with van der Waals surface area (Å²) in [7, 11) is 0. The van der Waals surface area contributed by atoms with E-state index >= 15 is 0 Å². The number of aromatic nitrogens is 1. The van der Waals surface area contributed by atoms with Crippen molar-refractivity contribution in [2.24, 2.45) is 0 Å². The lowest BCUT2D eigenvalue weighted by Gasteiger charge is -2.39. The molecule has 8 heteroatoms. The van der Waals surface area contributed by atoms with Crippen LogP contribution in [0.4, 0.5) is 9.93 Å². The molecule has 1 aromatic heterocycles. The van der Waals surface area contributed by atoms with Crippen molar-refractivity contribution < 1.29 is 19.1 Å². The molecule has 0 spiro atoms. The summed E-state index contributed by atoms with van der Waals surface area (Å²) in [6, 6.07) is 10.7. The number of piperidine rings is 1. The van der Waals surface area contributed by atoms with Crippen molar-refractivity contribution in [3.05, 3.63) is 47.0 Å². The number of anilines is 1. The Morgan fingerprint density at radius 1 is 1.24 bits per heavy atom. The van der Waals surface area contributed by atoms with Crippen LogP contribution >= 0.6 is 11.3 Å². The van der Waals surface area contributed by atoms with Gasteiger partial charge in [0.05, 0.1) is 18.3 Å². The predicted octanol–water partition coefficient (Wildman–Crippen LogP) is 5.75.